The highest BCUT2D eigenvalue weighted by atomic mass is 35.5. The summed E-state index contributed by atoms with van der Waals surface area (Å²) >= 11 is 6.73. The van der Waals surface area contributed by atoms with Crippen molar-refractivity contribution in [3.05, 3.63) is 76.5 Å². The number of aliphatic hydroxyl groups is 1. The minimum absolute atomic E-state index is 0.00113. The van der Waals surface area contributed by atoms with Crippen molar-refractivity contribution in [3.63, 3.8) is 0 Å². The maximum Gasteiger partial charge on any atom is 0.123 e. The van der Waals surface area contributed by atoms with Gasteiger partial charge in [-0.3, -0.25) is 4.98 Å². The van der Waals surface area contributed by atoms with E-state index in [1.165, 1.54) is 18.3 Å². The first-order valence-corrected chi connectivity index (χ1v) is 13.6. The molecule has 3 N–H and O–H groups in total. The van der Waals surface area contributed by atoms with E-state index in [-0.39, 0.29) is 24.6 Å². The zero-order valence-electron chi connectivity index (χ0n) is 22.2. The van der Waals surface area contributed by atoms with Gasteiger partial charge in [0.05, 0.1) is 41.4 Å². The van der Waals surface area contributed by atoms with Crippen molar-refractivity contribution in [1.29, 1.82) is 5.26 Å². The van der Waals surface area contributed by atoms with Gasteiger partial charge in [-0.25, -0.2) is 9.07 Å². The van der Waals surface area contributed by atoms with Gasteiger partial charge >= 0.3 is 0 Å². The van der Waals surface area contributed by atoms with Crippen molar-refractivity contribution in [1.82, 2.24) is 20.0 Å². The molecule has 2 fully saturated rings. The van der Waals surface area contributed by atoms with Crippen LogP contribution in [0.15, 0.2) is 48.8 Å². The lowest BCUT2D eigenvalue weighted by molar-refractivity contribution is 0.178. The molecular formula is C29H29ClFN7O. The van der Waals surface area contributed by atoms with Crippen molar-refractivity contribution in [2.45, 2.75) is 56.6 Å². The average molecular weight is 547 g/mol. The molecule has 39 heavy (non-hydrogen) atoms. The molecule has 6 rings (SSSR count). The topological polar surface area (TPSA) is 112 Å². The summed E-state index contributed by atoms with van der Waals surface area (Å²) in [7, 11) is 0. The Morgan fingerprint density at radius 1 is 1.21 bits per heavy atom. The van der Waals surface area contributed by atoms with E-state index in [1.54, 1.807) is 29.1 Å². The number of nitrogens with one attached hydrogen (secondary N) is 2. The Hall–Kier alpha value is -3.74. The van der Waals surface area contributed by atoms with Gasteiger partial charge in [-0.2, -0.15) is 5.26 Å². The molecule has 10 heteroatoms. The maximum absolute atomic E-state index is 13.8. The highest BCUT2D eigenvalue weighted by molar-refractivity contribution is 6.35. The van der Waals surface area contributed by atoms with Crippen LogP contribution in [0.1, 0.15) is 68.8 Å². The lowest BCUT2D eigenvalue weighted by Gasteiger charge is -2.32. The number of anilines is 2. The first kappa shape index (κ1) is 24.3. The van der Waals surface area contributed by atoms with E-state index in [2.05, 4.69) is 32.0 Å². The molecule has 2 aromatic carbocycles. The van der Waals surface area contributed by atoms with Crippen LogP contribution < -0.4 is 10.6 Å². The van der Waals surface area contributed by atoms with Crippen LogP contribution in [0.25, 0.3) is 10.9 Å². The van der Waals surface area contributed by atoms with Crippen LogP contribution in [-0.4, -0.2) is 37.7 Å². The minimum atomic E-state index is -1.61. The number of nitriles is 1. The van der Waals surface area contributed by atoms with Crippen molar-refractivity contribution in [3.8, 4) is 6.07 Å². The van der Waals surface area contributed by atoms with Gasteiger partial charge in [0.15, 0.2) is 0 Å². The second-order valence-corrected chi connectivity index (χ2v) is 10.7. The van der Waals surface area contributed by atoms with Gasteiger partial charge in [-0.15, -0.1) is 5.10 Å². The van der Waals surface area contributed by atoms with Gasteiger partial charge in [-0.1, -0.05) is 41.8 Å². The largest absolute Gasteiger partial charge is 0.396 e. The third-order valence-electron chi connectivity index (χ3n) is 7.61. The Bertz CT molecular complexity index is 1590. The number of pyridine rings is 1. The van der Waals surface area contributed by atoms with Gasteiger partial charge in [0, 0.05) is 35.8 Å². The Morgan fingerprint density at radius 3 is 2.74 bits per heavy atom. The number of aromatic nitrogens is 4. The molecule has 200 valence electrons. The molecule has 2 aliphatic carbocycles. The summed E-state index contributed by atoms with van der Waals surface area (Å²) in [5.41, 5.74) is 2.81. The van der Waals surface area contributed by atoms with Gasteiger partial charge in [-0.05, 0) is 55.5 Å². The molecule has 0 bridgehead atoms. The van der Waals surface area contributed by atoms with Crippen LogP contribution in [0.4, 0.5) is 15.8 Å². The number of nitrogens with zero attached hydrogens (tertiary/aromatic N) is 5. The second kappa shape index (κ2) is 10.8. The summed E-state index contributed by atoms with van der Waals surface area (Å²) in [6.45, 7) is 0.0662. The summed E-state index contributed by atoms with van der Waals surface area (Å²) in [5.74, 6) is -0.329. The van der Waals surface area contributed by atoms with E-state index < -0.39 is 11.8 Å². The highest BCUT2D eigenvalue weighted by Crippen LogP contribution is 2.38. The van der Waals surface area contributed by atoms with E-state index in [0.29, 0.717) is 44.1 Å². The molecule has 0 unspecified atom stereocenters. The highest BCUT2D eigenvalue weighted by Gasteiger charge is 2.28. The summed E-state index contributed by atoms with van der Waals surface area (Å²) in [5, 5.41) is 36.2. The van der Waals surface area contributed by atoms with Crippen LogP contribution in [0.3, 0.4) is 0 Å². The maximum atomic E-state index is 13.8. The van der Waals surface area contributed by atoms with E-state index in [1.807, 2.05) is 6.07 Å². The van der Waals surface area contributed by atoms with Gasteiger partial charge in [0.25, 0.3) is 0 Å². The number of hydrogen-bond acceptors (Lipinski definition) is 7. The summed E-state index contributed by atoms with van der Waals surface area (Å²) < 4.78 is 25.1. The number of benzene rings is 2. The molecule has 0 saturated heterocycles. The molecule has 0 spiro atoms. The lowest BCUT2D eigenvalue weighted by atomic mass is 9.84. The second-order valence-electron chi connectivity index (χ2n) is 10.3. The predicted molar refractivity (Wildman–Crippen MR) is 148 cm³/mol. The Balaban J connectivity index is 1.44. The molecule has 0 aliphatic heterocycles. The summed E-state index contributed by atoms with van der Waals surface area (Å²) in [6.07, 6.45) is 9.17. The Kier molecular flexibility index (Phi) is 6.73. The third kappa shape index (κ3) is 5.27. The Morgan fingerprint density at radius 2 is 2.00 bits per heavy atom. The van der Waals surface area contributed by atoms with Crippen LogP contribution in [0, 0.1) is 23.1 Å². The van der Waals surface area contributed by atoms with Crippen molar-refractivity contribution in [2.75, 3.05) is 17.2 Å². The fraction of sp³-hybridized carbons (Fsp3) is 0.379. The average Bonchev–Trinajstić information content (AvgIpc) is 3.69. The zero-order chi connectivity index (χ0) is 27.9. The predicted octanol–water partition coefficient (Wildman–Crippen LogP) is 5.99. The summed E-state index contributed by atoms with van der Waals surface area (Å²) in [4.78, 5) is 4.45. The SMILES string of the molecule is [2H][C@](Nc1cc(Cl)c2ncc(C#N)c(N[C@@H]3CCCC[C@H]3CO)c2c1)(c1ccc(F)cc1)c1cn(C2CC2)nn1. The first-order valence-electron chi connectivity index (χ1n) is 13.8. The normalized spacial score (nSPS) is 21.1. The van der Waals surface area contributed by atoms with Crippen LogP contribution in [-0.2, 0) is 0 Å². The summed E-state index contributed by atoms with van der Waals surface area (Å²) in [6, 6.07) is 10.1. The number of fused-ring (bicyclic) bond motifs is 1. The number of rotatable bonds is 8. The van der Waals surface area contributed by atoms with E-state index in [9.17, 15) is 16.1 Å². The number of aliphatic hydroxyl groups excluding tert-OH is 1. The van der Waals surface area contributed by atoms with Gasteiger partial charge in [0.2, 0.25) is 0 Å². The molecule has 2 saturated carbocycles. The fourth-order valence-corrected chi connectivity index (χ4v) is 5.60. The van der Waals surface area contributed by atoms with Crippen molar-refractivity contribution in [2.24, 2.45) is 5.92 Å². The van der Waals surface area contributed by atoms with Gasteiger partial charge in [0.1, 0.15) is 17.6 Å². The van der Waals surface area contributed by atoms with Crippen molar-refractivity contribution < 1.29 is 10.9 Å². The first-order chi connectivity index (χ1) is 19.4. The smallest absolute Gasteiger partial charge is 0.123 e. The Labute approximate surface area is 232 Å². The minimum Gasteiger partial charge on any atom is -0.396 e. The molecule has 8 nitrogen and oxygen atoms in total. The fourth-order valence-electron chi connectivity index (χ4n) is 5.33. The molecule has 2 heterocycles. The molecule has 2 aromatic heterocycles. The van der Waals surface area contributed by atoms with Crippen LogP contribution in [0.2, 0.25) is 5.02 Å². The quantitative estimate of drug-likeness (QED) is 0.249. The molecular weight excluding hydrogens is 517 g/mol. The third-order valence-corrected chi connectivity index (χ3v) is 7.90. The van der Waals surface area contributed by atoms with Crippen molar-refractivity contribution >= 4 is 33.9 Å². The molecule has 2 aliphatic rings. The van der Waals surface area contributed by atoms with Crippen LogP contribution in [0.5, 0.6) is 0 Å². The molecule has 0 amide bonds. The van der Waals surface area contributed by atoms with E-state index >= 15 is 0 Å². The number of halogens is 2. The standard InChI is InChI=1S/C29H29ClFN7O/c30-24-12-21(34-28(17-5-7-20(31)8-6-17)26-15-38(37-36-26)22-9-10-22)11-23-27(19(13-32)14-33-29(23)24)35-25-4-2-1-3-18(25)16-39/h5-8,11-12,14-15,18,22,25,28,34,39H,1-4,9-10,16H2,(H,33,35)/t18-,25+,28-/m0/s1/i28D. The lowest BCUT2D eigenvalue weighted by Crippen LogP contribution is -2.34. The van der Waals surface area contributed by atoms with Crippen LogP contribution >= 0.6 is 11.6 Å². The van der Waals surface area contributed by atoms with Gasteiger partial charge < -0.3 is 15.7 Å². The monoisotopic (exact) mass is 546 g/mol. The number of hydrogen-bond donors (Lipinski definition) is 3. The molecule has 3 atom stereocenters. The zero-order valence-corrected chi connectivity index (χ0v) is 22.0. The van der Waals surface area contributed by atoms with E-state index in [0.717, 1.165) is 38.5 Å². The van der Waals surface area contributed by atoms with E-state index in [4.69, 9.17) is 11.6 Å². The molecule has 0 radical (unpaired) electrons. The molecule has 4 aromatic rings.